The molecule has 0 atom stereocenters. The molecule has 4 nitrogen and oxygen atoms in total. The minimum Gasteiger partial charge on any atom is -0.507 e. The van der Waals surface area contributed by atoms with Crippen molar-refractivity contribution in [2.45, 2.75) is 26.4 Å². The van der Waals surface area contributed by atoms with Crippen molar-refractivity contribution in [1.29, 1.82) is 0 Å². The molecule has 0 spiro atoms. The number of hydrogen-bond donors (Lipinski definition) is 1. The SMILES string of the molecule is CC(C)(C)OC(=O)n1ccc2c(O)cccc21. The van der Waals surface area contributed by atoms with Gasteiger partial charge in [-0.1, -0.05) is 6.07 Å². The van der Waals surface area contributed by atoms with E-state index in [0.717, 1.165) is 0 Å². The summed E-state index contributed by atoms with van der Waals surface area (Å²) in [6.45, 7) is 5.44. The van der Waals surface area contributed by atoms with Gasteiger partial charge < -0.3 is 9.84 Å². The number of phenols is 1. The molecule has 2 aromatic rings. The van der Waals surface area contributed by atoms with E-state index in [1.54, 1.807) is 30.5 Å². The van der Waals surface area contributed by atoms with Crippen LogP contribution in [0.1, 0.15) is 20.8 Å². The number of nitrogens with zero attached hydrogens (tertiary/aromatic N) is 1. The zero-order valence-corrected chi connectivity index (χ0v) is 10.1. The first-order valence-corrected chi connectivity index (χ1v) is 5.41. The lowest BCUT2D eigenvalue weighted by molar-refractivity contribution is 0.0544. The number of aromatic nitrogens is 1. The lowest BCUT2D eigenvalue weighted by atomic mass is 10.2. The van der Waals surface area contributed by atoms with Crippen molar-refractivity contribution in [3.05, 3.63) is 30.5 Å². The van der Waals surface area contributed by atoms with Crippen LogP contribution in [0.3, 0.4) is 0 Å². The van der Waals surface area contributed by atoms with E-state index in [1.807, 2.05) is 20.8 Å². The molecule has 1 aromatic carbocycles. The first kappa shape index (κ1) is 11.5. The van der Waals surface area contributed by atoms with Crippen molar-refractivity contribution in [2.75, 3.05) is 0 Å². The number of rotatable bonds is 0. The van der Waals surface area contributed by atoms with Gasteiger partial charge in [-0.25, -0.2) is 4.79 Å². The summed E-state index contributed by atoms with van der Waals surface area (Å²) in [5, 5.41) is 10.3. The Morgan fingerprint density at radius 1 is 1.29 bits per heavy atom. The fourth-order valence-electron chi connectivity index (χ4n) is 1.62. The lowest BCUT2D eigenvalue weighted by Crippen LogP contribution is -2.26. The van der Waals surface area contributed by atoms with Crippen LogP contribution in [0.25, 0.3) is 10.9 Å². The summed E-state index contributed by atoms with van der Waals surface area (Å²) in [4.78, 5) is 11.9. The number of fused-ring (bicyclic) bond motifs is 1. The van der Waals surface area contributed by atoms with Crippen molar-refractivity contribution in [3.8, 4) is 5.75 Å². The van der Waals surface area contributed by atoms with Gasteiger partial charge in [0.05, 0.1) is 5.52 Å². The van der Waals surface area contributed by atoms with E-state index in [1.165, 1.54) is 4.57 Å². The largest absolute Gasteiger partial charge is 0.507 e. The number of aromatic hydroxyl groups is 1. The summed E-state index contributed by atoms with van der Waals surface area (Å²) < 4.78 is 6.66. The van der Waals surface area contributed by atoms with E-state index in [4.69, 9.17) is 4.74 Å². The number of ether oxygens (including phenoxy) is 1. The van der Waals surface area contributed by atoms with E-state index < -0.39 is 11.7 Å². The molecule has 0 saturated heterocycles. The molecule has 2 rings (SSSR count). The van der Waals surface area contributed by atoms with Crippen molar-refractivity contribution in [1.82, 2.24) is 4.57 Å². The first-order valence-electron chi connectivity index (χ1n) is 5.41. The third-order valence-corrected chi connectivity index (χ3v) is 2.30. The summed E-state index contributed by atoms with van der Waals surface area (Å²) in [6.07, 6.45) is 1.15. The van der Waals surface area contributed by atoms with Crippen LogP contribution in [0, 0.1) is 0 Å². The minimum atomic E-state index is -0.537. The quantitative estimate of drug-likeness (QED) is 0.760. The maximum atomic E-state index is 11.9. The molecule has 1 N–H and O–H groups in total. The van der Waals surface area contributed by atoms with Gasteiger partial charge in [-0.2, -0.15) is 0 Å². The van der Waals surface area contributed by atoms with Crippen molar-refractivity contribution in [2.24, 2.45) is 0 Å². The molecular formula is C13H15NO3. The summed E-state index contributed by atoms with van der Waals surface area (Å²) in [6, 6.07) is 6.73. The van der Waals surface area contributed by atoms with Crippen LogP contribution in [-0.4, -0.2) is 21.4 Å². The van der Waals surface area contributed by atoms with E-state index in [2.05, 4.69) is 0 Å². The number of benzene rings is 1. The Morgan fingerprint density at radius 2 is 2.00 bits per heavy atom. The van der Waals surface area contributed by atoms with Gasteiger partial charge in [0.15, 0.2) is 0 Å². The third-order valence-electron chi connectivity index (χ3n) is 2.30. The van der Waals surface area contributed by atoms with Crippen LogP contribution in [0.5, 0.6) is 5.75 Å². The number of hydrogen-bond acceptors (Lipinski definition) is 3. The molecule has 0 aliphatic carbocycles. The molecule has 90 valence electrons. The Bertz CT molecular complexity index is 564. The topological polar surface area (TPSA) is 51.5 Å². The Hall–Kier alpha value is -1.97. The van der Waals surface area contributed by atoms with Gasteiger partial charge in [0.1, 0.15) is 11.4 Å². The summed E-state index contributed by atoms with van der Waals surface area (Å²) >= 11 is 0. The molecule has 0 aliphatic heterocycles. The molecule has 4 heteroatoms. The van der Waals surface area contributed by atoms with Gasteiger partial charge in [-0.15, -0.1) is 0 Å². The smallest absolute Gasteiger partial charge is 0.418 e. The van der Waals surface area contributed by atoms with Gasteiger partial charge in [0, 0.05) is 11.6 Å². The molecule has 1 aromatic heterocycles. The predicted molar refractivity (Wildman–Crippen MR) is 65.2 cm³/mol. The first-order chi connectivity index (χ1) is 7.88. The highest BCUT2D eigenvalue weighted by Gasteiger charge is 2.19. The van der Waals surface area contributed by atoms with Gasteiger partial charge in [0.25, 0.3) is 0 Å². The fraction of sp³-hybridized carbons (Fsp3) is 0.308. The van der Waals surface area contributed by atoms with Gasteiger partial charge in [-0.05, 0) is 39.0 Å². The number of phenolic OH excluding ortho intramolecular Hbond substituents is 1. The average molecular weight is 233 g/mol. The number of carbonyl (C=O) groups is 1. The molecule has 1 heterocycles. The molecule has 0 saturated carbocycles. The van der Waals surface area contributed by atoms with Crippen LogP contribution in [0.4, 0.5) is 4.79 Å². The van der Waals surface area contributed by atoms with Crippen LogP contribution in [0.15, 0.2) is 30.5 Å². The highest BCUT2D eigenvalue weighted by atomic mass is 16.6. The normalized spacial score (nSPS) is 11.7. The van der Waals surface area contributed by atoms with Crippen molar-refractivity contribution in [3.63, 3.8) is 0 Å². The van der Waals surface area contributed by atoms with E-state index in [-0.39, 0.29) is 5.75 Å². The molecule has 0 bridgehead atoms. The fourth-order valence-corrected chi connectivity index (χ4v) is 1.62. The van der Waals surface area contributed by atoms with Crippen LogP contribution >= 0.6 is 0 Å². The zero-order valence-electron chi connectivity index (χ0n) is 10.1. The van der Waals surface area contributed by atoms with Gasteiger partial charge >= 0.3 is 6.09 Å². The highest BCUT2D eigenvalue weighted by Crippen LogP contribution is 2.25. The Balaban J connectivity index is 2.43. The van der Waals surface area contributed by atoms with E-state index in [0.29, 0.717) is 10.9 Å². The summed E-state index contributed by atoms with van der Waals surface area (Å²) in [5.74, 6) is 0.157. The third kappa shape index (κ3) is 2.25. The molecule has 0 radical (unpaired) electrons. The van der Waals surface area contributed by atoms with Crippen molar-refractivity contribution >= 4 is 17.0 Å². The second-order valence-electron chi connectivity index (χ2n) is 4.88. The van der Waals surface area contributed by atoms with E-state index in [9.17, 15) is 9.90 Å². The Labute approximate surface area is 99.4 Å². The van der Waals surface area contributed by atoms with Crippen LogP contribution in [0.2, 0.25) is 0 Å². The van der Waals surface area contributed by atoms with Crippen molar-refractivity contribution < 1.29 is 14.6 Å². The second kappa shape index (κ2) is 3.80. The highest BCUT2D eigenvalue weighted by molar-refractivity contribution is 5.92. The molecular weight excluding hydrogens is 218 g/mol. The summed E-state index contributed by atoms with van der Waals surface area (Å²) in [7, 11) is 0. The van der Waals surface area contributed by atoms with Gasteiger partial charge in [0.2, 0.25) is 0 Å². The minimum absolute atomic E-state index is 0.157. The zero-order chi connectivity index (χ0) is 12.6. The molecule has 0 amide bonds. The maximum absolute atomic E-state index is 11.9. The molecule has 0 aliphatic rings. The van der Waals surface area contributed by atoms with Crippen LogP contribution < -0.4 is 0 Å². The molecule has 0 fully saturated rings. The predicted octanol–water partition coefficient (Wildman–Crippen LogP) is 3.13. The van der Waals surface area contributed by atoms with E-state index >= 15 is 0 Å². The maximum Gasteiger partial charge on any atom is 0.418 e. The average Bonchev–Trinajstić information content (AvgIpc) is 2.60. The Kier molecular flexibility index (Phi) is 2.58. The number of carbonyl (C=O) groups excluding carboxylic acids is 1. The summed E-state index contributed by atoms with van der Waals surface area (Å²) in [5.41, 5.74) is 0.101. The van der Waals surface area contributed by atoms with Crippen LogP contribution in [-0.2, 0) is 4.74 Å². The Morgan fingerprint density at radius 3 is 2.65 bits per heavy atom. The standard InChI is InChI=1S/C13H15NO3/c1-13(2,3)17-12(16)14-8-7-9-10(14)5-4-6-11(9)15/h4-8,15H,1-3H3. The monoisotopic (exact) mass is 233 g/mol. The van der Waals surface area contributed by atoms with Gasteiger partial charge in [-0.3, -0.25) is 4.57 Å². The molecule has 0 unspecified atom stereocenters. The molecule has 17 heavy (non-hydrogen) atoms. The second-order valence-corrected chi connectivity index (χ2v) is 4.88. The lowest BCUT2D eigenvalue weighted by Gasteiger charge is -2.19.